The van der Waals surface area contributed by atoms with Gasteiger partial charge in [0.2, 0.25) is 0 Å². The summed E-state index contributed by atoms with van der Waals surface area (Å²) < 4.78 is 29.5. The van der Waals surface area contributed by atoms with Crippen molar-refractivity contribution in [1.82, 2.24) is 4.90 Å². The molecule has 0 saturated heterocycles. The van der Waals surface area contributed by atoms with Gasteiger partial charge >= 0.3 is 5.97 Å². The SMILES string of the molecule is CCOC(=O)c1c(NC(=O)c2cccc(S(=O)(=O)CC)c2)sc2c1CCN(CC)C2. The van der Waals surface area contributed by atoms with Crippen molar-refractivity contribution in [2.24, 2.45) is 0 Å². The van der Waals surface area contributed by atoms with Crippen molar-refractivity contribution in [2.45, 2.75) is 38.6 Å². The number of hydrogen-bond acceptors (Lipinski definition) is 7. The van der Waals surface area contributed by atoms with Crippen LogP contribution in [-0.4, -0.2) is 50.6 Å². The summed E-state index contributed by atoms with van der Waals surface area (Å²) in [5.74, 6) is -0.950. The molecule has 1 aromatic carbocycles. The van der Waals surface area contributed by atoms with E-state index in [1.807, 2.05) is 0 Å². The maximum absolute atomic E-state index is 12.9. The fraction of sp³-hybridized carbons (Fsp3) is 0.429. The average Bonchev–Trinajstić information content (AvgIpc) is 3.10. The Hall–Kier alpha value is -2.23. The highest BCUT2D eigenvalue weighted by atomic mass is 32.2. The molecule has 9 heteroatoms. The van der Waals surface area contributed by atoms with E-state index in [0.29, 0.717) is 17.0 Å². The van der Waals surface area contributed by atoms with Gasteiger partial charge in [0.15, 0.2) is 9.84 Å². The summed E-state index contributed by atoms with van der Waals surface area (Å²) in [4.78, 5) is 28.9. The number of carbonyl (C=O) groups is 2. The van der Waals surface area contributed by atoms with Gasteiger partial charge in [-0.3, -0.25) is 9.69 Å². The number of benzene rings is 1. The van der Waals surface area contributed by atoms with Crippen LogP contribution in [0.2, 0.25) is 0 Å². The molecule has 0 bridgehead atoms. The summed E-state index contributed by atoms with van der Waals surface area (Å²) in [5.41, 5.74) is 1.57. The summed E-state index contributed by atoms with van der Waals surface area (Å²) >= 11 is 1.38. The molecule has 30 heavy (non-hydrogen) atoms. The number of rotatable bonds is 7. The van der Waals surface area contributed by atoms with Gasteiger partial charge in [0.05, 0.1) is 22.8 Å². The van der Waals surface area contributed by atoms with Crippen molar-refractivity contribution in [3.05, 3.63) is 45.8 Å². The second-order valence-electron chi connectivity index (χ2n) is 6.93. The number of carbonyl (C=O) groups excluding carboxylic acids is 2. The average molecular weight is 451 g/mol. The zero-order valence-electron chi connectivity index (χ0n) is 17.4. The molecule has 0 fully saturated rings. The Morgan fingerprint density at radius 2 is 2.00 bits per heavy atom. The van der Waals surface area contributed by atoms with E-state index in [9.17, 15) is 18.0 Å². The first-order chi connectivity index (χ1) is 14.3. The van der Waals surface area contributed by atoms with Gasteiger partial charge in [-0.05, 0) is 43.7 Å². The normalized spacial score (nSPS) is 14.2. The van der Waals surface area contributed by atoms with Crippen LogP contribution < -0.4 is 5.32 Å². The minimum atomic E-state index is -3.42. The molecule has 0 spiro atoms. The fourth-order valence-electron chi connectivity index (χ4n) is 3.41. The summed E-state index contributed by atoms with van der Waals surface area (Å²) in [7, 11) is -3.42. The lowest BCUT2D eigenvalue weighted by Crippen LogP contribution is -2.30. The van der Waals surface area contributed by atoms with Crippen LogP contribution >= 0.6 is 11.3 Å². The van der Waals surface area contributed by atoms with E-state index in [0.717, 1.165) is 30.1 Å². The maximum atomic E-state index is 12.9. The zero-order chi connectivity index (χ0) is 21.9. The maximum Gasteiger partial charge on any atom is 0.341 e. The third-order valence-corrected chi connectivity index (χ3v) is 7.99. The van der Waals surface area contributed by atoms with Crippen LogP contribution in [0.4, 0.5) is 5.00 Å². The van der Waals surface area contributed by atoms with Gasteiger partial charge in [0.25, 0.3) is 5.91 Å². The van der Waals surface area contributed by atoms with Crippen molar-refractivity contribution >= 4 is 38.1 Å². The van der Waals surface area contributed by atoms with Crippen molar-refractivity contribution < 1.29 is 22.7 Å². The lowest BCUT2D eigenvalue weighted by molar-refractivity contribution is 0.0526. The zero-order valence-corrected chi connectivity index (χ0v) is 19.0. The van der Waals surface area contributed by atoms with E-state index in [1.165, 1.54) is 23.5 Å². The molecule has 2 heterocycles. The molecule has 1 aliphatic heterocycles. The topological polar surface area (TPSA) is 92.8 Å². The van der Waals surface area contributed by atoms with Crippen LogP contribution in [0.3, 0.4) is 0 Å². The number of fused-ring (bicyclic) bond motifs is 1. The quantitative estimate of drug-likeness (QED) is 0.651. The lowest BCUT2D eigenvalue weighted by atomic mass is 10.0. The van der Waals surface area contributed by atoms with Crippen molar-refractivity contribution in [3.63, 3.8) is 0 Å². The molecule has 0 aliphatic carbocycles. The summed E-state index contributed by atoms with van der Waals surface area (Å²) in [6, 6.07) is 5.94. The Morgan fingerprint density at radius 3 is 2.67 bits per heavy atom. The van der Waals surface area contributed by atoms with Crippen molar-refractivity contribution in [1.29, 1.82) is 0 Å². The molecule has 0 radical (unpaired) electrons. The third-order valence-electron chi connectivity index (χ3n) is 5.13. The van der Waals surface area contributed by atoms with E-state index < -0.39 is 21.7 Å². The first kappa shape index (κ1) is 22.5. The molecular formula is C21H26N2O5S2. The Balaban J connectivity index is 1.94. The van der Waals surface area contributed by atoms with Gasteiger partial charge in [-0.15, -0.1) is 11.3 Å². The third kappa shape index (κ3) is 4.58. The van der Waals surface area contributed by atoms with Crippen molar-refractivity contribution in [2.75, 3.05) is 30.8 Å². The van der Waals surface area contributed by atoms with Gasteiger partial charge in [-0.1, -0.05) is 19.9 Å². The van der Waals surface area contributed by atoms with E-state index in [-0.39, 0.29) is 22.8 Å². The molecule has 3 rings (SSSR count). The minimum absolute atomic E-state index is 0.0450. The molecule has 0 atom stereocenters. The van der Waals surface area contributed by atoms with Gasteiger partial charge in [0, 0.05) is 23.5 Å². The van der Waals surface area contributed by atoms with E-state index in [2.05, 4.69) is 17.1 Å². The Labute approximate surface area is 181 Å². The van der Waals surface area contributed by atoms with Crippen LogP contribution in [0.15, 0.2) is 29.2 Å². The van der Waals surface area contributed by atoms with Crippen LogP contribution in [0.1, 0.15) is 51.9 Å². The fourth-order valence-corrected chi connectivity index (χ4v) is 5.61. The van der Waals surface area contributed by atoms with Crippen LogP contribution in [0, 0.1) is 0 Å². The number of thiophene rings is 1. The molecule has 0 unspecified atom stereocenters. The van der Waals surface area contributed by atoms with Crippen LogP contribution in [0.5, 0.6) is 0 Å². The molecule has 1 aromatic heterocycles. The minimum Gasteiger partial charge on any atom is -0.462 e. The Bertz CT molecular complexity index is 1060. The monoisotopic (exact) mass is 450 g/mol. The smallest absolute Gasteiger partial charge is 0.341 e. The number of amides is 1. The van der Waals surface area contributed by atoms with E-state index >= 15 is 0 Å². The summed E-state index contributed by atoms with van der Waals surface area (Å²) in [5, 5.41) is 3.27. The number of likely N-dealkylation sites (N-methyl/N-ethyl adjacent to an activating group) is 1. The highest BCUT2D eigenvalue weighted by Crippen LogP contribution is 2.38. The van der Waals surface area contributed by atoms with Crippen molar-refractivity contribution in [3.8, 4) is 0 Å². The first-order valence-corrected chi connectivity index (χ1v) is 12.5. The van der Waals surface area contributed by atoms with Crippen LogP contribution in [-0.2, 0) is 27.5 Å². The summed E-state index contributed by atoms with van der Waals surface area (Å²) in [6.45, 7) is 8.11. The van der Waals surface area contributed by atoms with Crippen LogP contribution in [0.25, 0.3) is 0 Å². The molecule has 1 N–H and O–H groups in total. The number of hydrogen-bond donors (Lipinski definition) is 1. The van der Waals surface area contributed by atoms with E-state index in [4.69, 9.17) is 4.74 Å². The van der Waals surface area contributed by atoms with Gasteiger partial charge in [-0.2, -0.15) is 0 Å². The lowest BCUT2D eigenvalue weighted by Gasteiger charge is -2.25. The standard InChI is InChI=1S/C21H26N2O5S2/c1-4-23-11-10-16-17(13-23)29-20(18(16)21(25)28-5-2)22-19(24)14-8-7-9-15(12-14)30(26,27)6-3/h7-9,12H,4-6,10-11,13H2,1-3H3,(H,22,24). The molecule has 2 aromatic rings. The molecule has 162 valence electrons. The number of sulfone groups is 1. The largest absolute Gasteiger partial charge is 0.462 e. The molecular weight excluding hydrogens is 424 g/mol. The molecule has 1 amide bonds. The van der Waals surface area contributed by atoms with Gasteiger partial charge in [0.1, 0.15) is 5.00 Å². The Morgan fingerprint density at radius 1 is 1.23 bits per heavy atom. The van der Waals surface area contributed by atoms with Gasteiger partial charge < -0.3 is 10.1 Å². The number of anilines is 1. The number of nitrogens with one attached hydrogen (secondary N) is 1. The predicted molar refractivity (Wildman–Crippen MR) is 117 cm³/mol. The number of esters is 1. The second-order valence-corrected chi connectivity index (χ2v) is 10.3. The highest BCUT2D eigenvalue weighted by molar-refractivity contribution is 7.91. The molecule has 1 aliphatic rings. The number of ether oxygens (including phenoxy) is 1. The highest BCUT2D eigenvalue weighted by Gasteiger charge is 2.29. The first-order valence-electron chi connectivity index (χ1n) is 9.98. The Kier molecular flexibility index (Phi) is 6.95. The van der Waals surface area contributed by atoms with E-state index in [1.54, 1.807) is 26.0 Å². The summed E-state index contributed by atoms with van der Waals surface area (Å²) in [6.07, 6.45) is 0.716. The number of nitrogens with zero attached hydrogens (tertiary/aromatic N) is 1. The molecule has 0 saturated carbocycles. The molecule has 7 nitrogen and oxygen atoms in total. The second kappa shape index (κ2) is 9.28. The van der Waals surface area contributed by atoms with Gasteiger partial charge in [-0.25, -0.2) is 13.2 Å². The predicted octanol–water partition coefficient (Wildman–Crippen LogP) is 3.35.